The zero-order chi connectivity index (χ0) is 11.6. The van der Waals surface area contributed by atoms with Crippen LogP contribution in [0, 0.1) is 16.7 Å². The number of hydrogen-bond acceptors (Lipinski definition) is 3. The maximum absolute atomic E-state index is 8.50. The summed E-state index contributed by atoms with van der Waals surface area (Å²) in [7, 11) is 0. The van der Waals surface area contributed by atoms with Gasteiger partial charge < -0.3 is 10.1 Å². The Morgan fingerprint density at radius 1 is 1.53 bits per heavy atom. The summed E-state index contributed by atoms with van der Waals surface area (Å²) in [5.41, 5.74) is 0.203. The first-order valence-electron chi connectivity index (χ1n) is 5.42. The van der Waals surface area contributed by atoms with Crippen LogP contribution in [0.15, 0.2) is 12.8 Å². The van der Waals surface area contributed by atoms with Gasteiger partial charge in [-0.25, -0.2) is 0 Å². The van der Waals surface area contributed by atoms with Crippen molar-refractivity contribution in [2.45, 2.75) is 33.1 Å². The molecule has 15 heavy (non-hydrogen) atoms. The quantitative estimate of drug-likeness (QED) is 0.469. The molecule has 3 heteroatoms. The molecule has 0 aromatic heterocycles. The van der Waals surface area contributed by atoms with E-state index in [0.29, 0.717) is 6.42 Å². The normalized spacial score (nSPS) is 10.7. The summed E-state index contributed by atoms with van der Waals surface area (Å²) >= 11 is 0. The third-order valence-corrected chi connectivity index (χ3v) is 2.25. The Morgan fingerprint density at radius 2 is 2.27 bits per heavy atom. The largest absolute Gasteiger partial charge is 0.502 e. The first-order valence-corrected chi connectivity index (χ1v) is 5.42. The van der Waals surface area contributed by atoms with E-state index < -0.39 is 0 Å². The molecule has 0 amide bonds. The van der Waals surface area contributed by atoms with Gasteiger partial charge in [0, 0.05) is 13.0 Å². The zero-order valence-electron chi connectivity index (χ0n) is 9.88. The number of nitrogens with one attached hydrogen (secondary N) is 1. The lowest BCUT2D eigenvalue weighted by Crippen LogP contribution is -2.30. The molecule has 0 saturated carbocycles. The molecule has 0 aliphatic carbocycles. The molecule has 0 unspecified atom stereocenters. The summed E-state index contributed by atoms with van der Waals surface area (Å²) in [6.07, 6.45) is 4.03. The van der Waals surface area contributed by atoms with Crippen molar-refractivity contribution < 1.29 is 4.74 Å². The molecule has 0 atom stereocenters. The molecule has 1 N–H and O–H groups in total. The van der Waals surface area contributed by atoms with Gasteiger partial charge in [-0.1, -0.05) is 20.4 Å². The van der Waals surface area contributed by atoms with Crippen molar-refractivity contribution >= 4 is 0 Å². The highest BCUT2D eigenvalue weighted by Gasteiger charge is 2.16. The highest BCUT2D eigenvalue weighted by molar-refractivity contribution is 4.78. The zero-order valence-corrected chi connectivity index (χ0v) is 9.88. The predicted molar refractivity (Wildman–Crippen MR) is 62.3 cm³/mol. The molecular formula is C12H22N2O. The van der Waals surface area contributed by atoms with E-state index in [1.54, 1.807) is 0 Å². The minimum Gasteiger partial charge on any atom is -0.502 e. The van der Waals surface area contributed by atoms with E-state index in [1.807, 2.05) is 0 Å². The summed E-state index contributed by atoms with van der Waals surface area (Å²) < 4.78 is 5.01. The third kappa shape index (κ3) is 9.30. The van der Waals surface area contributed by atoms with E-state index in [4.69, 9.17) is 10.00 Å². The Bertz CT molecular complexity index is 206. The molecule has 0 fully saturated rings. The van der Waals surface area contributed by atoms with Crippen molar-refractivity contribution in [3.63, 3.8) is 0 Å². The Morgan fingerprint density at radius 3 is 2.87 bits per heavy atom. The second-order valence-electron chi connectivity index (χ2n) is 4.39. The number of hydrogen-bond donors (Lipinski definition) is 1. The van der Waals surface area contributed by atoms with E-state index in [2.05, 4.69) is 31.8 Å². The van der Waals surface area contributed by atoms with E-state index in [-0.39, 0.29) is 5.41 Å². The molecular weight excluding hydrogens is 188 g/mol. The lowest BCUT2D eigenvalue weighted by Gasteiger charge is -2.23. The minimum absolute atomic E-state index is 0.203. The van der Waals surface area contributed by atoms with E-state index >= 15 is 0 Å². The molecule has 0 spiro atoms. The molecule has 0 saturated heterocycles. The van der Waals surface area contributed by atoms with Crippen LogP contribution in [-0.4, -0.2) is 19.7 Å². The van der Waals surface area contributed by atoms with Gasteiger partial charge in [-0.05, 0) is 24.8 Å². The first-order chi connectivity index (χ1) is 7.12. The fourth-order valence-corrected chi connectivity index (χ4v) is 1.27. The summed E-state index contributed by atoms with van der Waals surface area (Å²) in [6.45, 7) is 10.4. The van der Waals surface area contributed by atoms with Gasteiger partial charge in [0.25, 0.3) is 0 Å². The summed E-state index contributed by atoms with van der Waals surface area (Å²) in [6, 6.07) is 2.18. The van der Waals surface area contributed by atoms with E-state index in [1.165, 1.54) is 6.26 Å². The van der Waals surface area contributed by atoms with Crippen LogP contribution in [0.1, 0.15) is 33.1 Å². The highest BCUT2D eigenvalue weighted by Crippen LogP contribution is 2.20. The molecule has 0 heterocycles. The van der Waals surface area contributed by atoms with Gasteiger partial charge in [-0.2, -0.15) is 5.26 Å². The standard InChI is InChI=1S/C12H22N2O/c1-4-15-10-6-9-14-11-12(2,3)7-5-8-13/h4,14H,1,5-7,9-11H2,2-3H3. The maximum atomic E-state index is 8.50. The van der Waals surface area contributed by atoms with Crippen molar-refractivity contribution in [2.75, 3.05) is 19.7 Å². The molecule has 0 aliphatic rings. The van der Waals surface area contributed by atoms with Crippen LogP contribution in [0.2, 0.25) is 0 Å². The molecule has 0 aromatic rings. The topological polar surface area (TPSA) is 45.0 Å². The summed E-state index contributed by atoms with van der Waals surface area (Å²) in [5.74, 6) is 0. The monoisotopic (exact) mass is 210 g/mol. The summed E-state index contributed by atoms with van der Waals surface area (Å²) in [5, 5.41) is 11.9. The average molecular weight is 210 g/mol. The van der Waals surface area contributed by atoms with Crippen molar-refractivity contribution in [3.8, 4) is 6.07 Å². The van der Waals surface area contributed by atoms with Crippen molar-refractivity contribution in [2.24, 2.45) is 5.41 Å². The van der Waals surface area contributed by atoms with Crippen LogP contribution in [0.25, 0.3) is 0 Å². The molecule has 0 bridgehead atoms. The van der Waals surface area contributed by atoms with Crippen molar-refractivity contribution in [1.82, 2.24) is 5.32 Å². The van der Waals surface area contributed by atoms with Gasteiger partial charge in [0.1, 0.15) is 0 Å². The predicted octanol–water partition coefficient (Wildman–Crippen LogP) is 2.46. The first kappa shape index (κ1) is 14.0. The molecule has 86 valence electrons. The van der Waals surface area contributed by atoms with Crippen LogP contribution < -0.4 is 5.32 Å². The average Bonchev–Trinajstić information content (AvgIpc) is 2.20. The number of nitrogens with zero attached hydrogens (tertiary/aromatic N) is 1. The SMILES string of the molecule is C=COCCCNCC(C)(C)CCC#N. The number of nitriles is 1. The minimum atomic E-state index is 0.203. The van der Waals surface area contributed by atoms with Gasteiger partial charge in [0.2, 0.25) is 0 Å². The second-order valence-corrected chi connectivity index (χ2v) is 4.39. The molecule has 0 aliphatic heterocycles. The van der Waals surface area contributed by atoms with E-state index in [0.717, 1.165) is 32.5 Å². The Kier molecular flexibility index (Phi) is 7.75. The second kappa shape index (κ2) is 8.31. The lowest BCUT2D eigenvalue weighted by atomic mass is 9.88. The van der Waals surface area contributed by atoms with Crippen molar-refractivity contribution in [1.29, 1.82) is 5.26 Å². The van der Waals surface area contributed by atoms with Crippen LogP contribution >= 0.6 is 0 Å². The van der Waals surface area contributed by atoms with Crippen LogP contribution in [0.3, 0.4) is 0 Å². The van der Waals surface area contributed by atoms with Gasteiger partial charge in [0.05, 0.1) is 18.9 Å². The molecule has 0 aromatic carbocycles. The number of rotatable bonds is 9. The van der Waals surface area contributed by atoms with Gasteiger partial charge in [-0.15, -0.1) is 0 Å². The fraction of sp³-hybridized carbons (Fsp3) is 0.750. The van der Waals surface area contributed by atoms with Crippen LogP contribution in [0.5, 0.6) is 0 Å². The Hall–Kier alpha value is -1.01. The Labute approximate surface area is 93.1 Å². The van der Waals surface area contributed by atoms with Crippen LogP contribution in [0.4, 0.5) is 0 Å². The highest BCUT2D eigenvalue weighted by atomic mass is 16.5. The van der Waals surface area contributed by atoms with Gasteiger partial charge >= 0.3 is 0 Å². The van der Waals surface area contributed by atoms with Gasteiger partial charge in [0.15, 0.2) is 0 Å². The fourth-order valence-electron chi connectivity index (χ4n) is 1.27. The van der Waals surface area contributed by atoms with Crippen molar-refractivity contribution in [3.05, 3.63) is 12.8 Å². The van der Waals surface area contributed by atoms with E-state index in [9.17, 15) is 0 Å². The van der Waals surface area contributed by atoms with Crippen LogP contribution in [-0.2, 0) is 4.74 Å². The molecule has 0 radical (unpaired) electrons. The maximum Gasteiger partial charge on any atom is 0.0885 e. The lowest BCUT2D eigenvalue weighted by molar-refractivity contribution is 0.239. The van der Waals surface area contributed by atoms with Gasteiger partial charge in [-0.3, -0.25) is 0 Å². The number of ether oxygens (including phenoxy) is 1. The Balaban J connectivity index is 3.40. The molecule has 0 rings (SSSR count). The summed E-state index contributed by atoms with van der Waals surface area (Å²) in [4.78, 5) is 0. The molecule has 3 nitrogen and oxygen atoms in total. The third-order valence-electron chi connectivity index (χ3n) is 2.25. The smallest absolute Gasteiger partial charge is 0.0885 e.